The second kappa shape index (κ2) is 10.3. The van der Waals surface area contributed by atoms with E-state index in [2.05, 4.69) is 38.8 Å². The number of carbonyl (C=O) groups excluding carboxylic acids is 3. The molecule has 1 amide bonds. The van der Waals surface area contributed by atoms with E-state index in [4.69, 9.17) is 14.2 Å². The first-order chi connectivity index (χ1) is 14.9. The molecule has 2 rings (SSSR count). The first-order valence-corrected chi connectivity index (χ1v) is 14.0. The Kier molecular flexibility index (Phi) is 8.28. The highest BCUT2D eigenvalue weighted by Gasteiger charge is 2.57. The lowest BCUT2D eigenvalue weighted by Crippen LogP contribution is -2.67. The summed E-state index contributed by atoms with van der Waals surface area (Å²) in [5.74, 6) is -0.552. The number of rotatable bonds is 10. The second-order valence-electron chi connectivity index (χ2n) is 9.47. The van der Waals surface area contributed by atoms with Crippen molar-refractivity contribution in [2.45, 2.75) is 76.5 Å². The maximum absolute atomic E-state index is 12.5. The van der Waals surface area contributed by atoms with Crippen molar-refractivity contribution in [1.29, 1.82) is 0 Å². The normalized spacial score (nSPS) is 19.2. The summed E-state index contributed by atoms with van der Waals surface area (Å²) in [5, 5.41) is 2.54. The quantitative estimate of drug-likeness (QED) is 0.237. The topological polar surface area (TPSA) is 90.9 Å². The number of β-lactam (4-membered cyclic amide) rings is 1. The number of carbonyl (C=O) groups is 3. The molecule has 0 saturated carbocycles. The Hall–Kier alpha value is -2.61. The van der Waals surface area contributed by atoms with E-state index >= 15 is 0 Å². The van der Waals surface area contributed by atoms with Gasteiger partial charge < -0.3 is 19.5 Å². The molecule has 1 aromatic rings. The Morgan fingerprint density at radius 3 is 2.38 bits per heavy atom. The molecule has 176 valence electrons. The molecule has 1 heterocycles. The molecule has 1 fully saturated rings. The minimum atomic E-state index is -2.30. The number of nitrogens with one attached hydrogen (secondary N) is 1. The molecule has 0 aliphatic carbocycles. The van der Waals surface area contributed by atoms with Gasteiger partial charge in [-0.15, -0.1) is 0 Å². The molecule has 1 aliphatic rings. The molecule has 0 aromatic heterocycles. The lowest BCUT2D eigenvalue weighted by Gasteiger charge is -2.52. The fourth-order valence-corrected chi connectivity index (χ4v) is 7.64. The number of esters is 1. The van der Waals surface area contributed by atoms with Crippen LogP contribution in [0.3, 0.4) is 0 Å². The predicted octanol–water partition coefficient (Wildman–Crippen LogP) is 4.59. The van der Waals surface area contributed by atoms with Gasteiger partial charge in [-0.25, -0.2) is 9.59 Å². The fourth-order valence-electron chi connectivity index (χ4n) is 4.12. The number of hydrogen-bond acceptors (Lipinski definition) is 6. The summed E-state index contributed by atoms with van der Waals surface area (Å²) in [6.07, 6.45) is -0.545. The van der Waals surface area contributed by atoms with Crippen molar-refractivity contribution in [3.8, 4) is 0 Å². The van der Waals surface area contributed by atoms with Crippen molar-refractivity contribution in [3.05, 3.63) is 48.0 Å². The number of ether oxygens (including phenoxy) is 3. The minimum absolute atomic E-state index is 0.0685. The van der Waals surface area contributed by atoms with Crippen LogP contribution < -0.4 is 5.32 Å². The highest BCUT2D eigenvalue weighted by molar-refractivity contribution is 6.85. The highest BCUT2D eigenvalue weighted by atomic mass is 28.3. The van der Waals surface area contributed by atoms with Crippen LogP contribution in [0.15, 0.2) is 42.5 Å². The van der Waals surface area contributed by atoms with Crippen LogP contribution in [0, 0.1) is 0 Å². The van der Waals surface area contributed by atoms with Crippen LogP contribution in [0.1, 0.15) is 39.7 Å². The molecule has 1 aromatic carbocycles. The van der Waals surface area contributed by atoms with E-state index in [0.717, 1.165) is 5.56 Å². The van der Waals surface area contributed by atoms with Gasteiger partial charge in [0.25, 0.3) is 0 Å². The van der Waals surface area contributed by atoms with Crippen molar-refractivity contribution in [2.75, 3.05) is 6.61 Å². The van der Waals surface area contributed by atoms with Crippen molar-refractivity contribution in [1.82, 2.24) is 5.32 Å². The third-order valence-electron chi connectivity index (χ3n) is 6.64. The SMILES string of the molecule is C=C(C(=O)OCC)[C@@H]1NC(=O)[C@H]1[Si](C)(C)C(C)(C)C[C@@H](C)OC(=O)OCc1ccccc1. The van der Waals surface area contributed by atoms with E-state index in [0.29, 0.717) is 6.42 Å². The fraction of sp³-hybridized carbons (Fsp3) is 0.542. The Morgan fingerprint density at radius 1 is 1.19 bits per heavy atom. The van der Waals surface area contributed by atoms with Crippen LogP contribution in [-0.2, 0) is 30.4 Å². The second-order valence-corrected chi connectivity index (χ2v) is 14.9. The van der Waals surface area contributed by atoms with Gasteiger partial charge in [-0.1, -0.05) is 63.9 Å². The summed E-state index contributed by atoms with van der Waals surface area (Å²) in [7, 11) is -2.30. The lowest BCUT2D eigenvalue weighted by molar-refractivity contribution is -0.139. The molecule has 0 spiro atoms. The zero-order valence-corrected chi connectivity index (χ0v) is 20.9. The number of hydrogen-bond donors (Lipinski definition) is 1. The lowest BCUT2D eigenvalue weighted by atomic mass is 9.97. The van der Waals surface area contributed by atoms with Gasteiger partial charge in [0, 0.05) is 0 Å². The van der Waals surface area contributed by atoms with Crippen LogP contribution >= 0.6 is 0 Å². The van der Waals surface area contributed by atoms with Gasteiger partial charge in [0.15, 0.2) is 0 Å². The maximum atomic E-state index is 12.5. The zero-order chi connectivity index (χ0) is 24.1. The minimum Gasteiger partial charge on any atom is -0.463 e. The average Bonchev–Trinajstić information content (AvgIpc) is 2.69. The highest BCUT2D eigenvalue weighted by Crippen LogP contribution is 2.52. The van der Waals surface area contributed by atoms with Crippen LogP contribution in [0.2, 0.25) is 23.7 Å². The molecule has 1 N–H and O–H groups in total. The van der Waals surface area contributed by atoms with Crippen molar-refractivity contribution in [2.24, 2.45) is 0 Å². The van der Waals surface area contributed by atoms with Gasteiger partial charge in [0.2, 0.25) is 5.91 Å². The Morgan fingerprint density at radius 2 is 1.81 bits per heavy atom. The number of benzene rings is 1. The standard InChI is InChI=1S/C24H35NO6Si/c1-8-29-22(27)17(3)19-20(21(26)25-19)32(6,7)24(4,5)14-16(2)31-23(28)30-15-18-12-10-9-11-13-18/h9-13,16,19-20H,3,8,14-15H2,1-2,4-7H3,(H,25,26)/t16-,19+,20+/m1/s1. The maximum Gasteiger partial charge on any atom is 0.508 e. The molecule has 32 heavy (non-hydrogen) atoms. The van der Waals surface area contributed by atoms with Gasteiger partial charge in [-0.2, -0.15) is 0 Å². The molecule has 1 aliphatic heterocycles. The molecule has 0 bridgehead atoms. The van der Waals surface area contributed by atoms with E-state index in [9.17, 15) is 14.4 Å². The molecule has 3 atom stereocenters. The van der Waals surface area contributed by atoms with Crippen LogP contribution in [-0.4, -0.2) is 44.9 Å². The number of amides is 1. The first kappa shape index (κ1) is 25.6. The summed E-state index contributed by atoms with van der Waals surface area (Å²) < 4.78 is 15.8. The summed E-state index contributed by atoms with van der Waals surface area (Å²) in [6.45, 7) is 16.3. The van der Waals surface area contributed by atoms with Crippen molar-refractivity contribution >= 4 is 26.1 Å². The first-order valence-electron chi connectivity index (χ1n) is 10.9. The van der Waals surface area contributed by atoms with E-state index in [1.807, 2.05) is 37.3 Å². The van der Waals surface area contributed by atoms with Gasteiger partial charge in [-0.05, 0) is 30.9 Å². The van der Waals surface area contributed by atoms with Gasteiger partial charge >= 0.3 is 12.1 Å². The van der Waals surface area contributed by atoms with E-state index in [-0.39, 0.29) is 35.3 Å². The van der Waals surface area contributed by atoms with E-state index in [1.165, 1.54) is 0 Å². The molecular weight excluding hydrogens is 426 g/mol. The summed E-state index contributed by atoms with van der Waals surface area (Å²) >= 11 is 0. The third kappa shape index (κ3) is 5.79. The summed E-state index contributed by atoms with van der Waals surface area (Å²) in [4.78, 5) is 36.8. The van der Waals surface area contributed by atoms with Gasteiger partial charge in [0.1, 0.15) is 12.7 Å². The van der Waals surface area contributed by atoms with Crippen LogP contribution in [0.5, 0.6) is 0 Å². The van der Waals surface area contributed by atoms with Gasteiger partial charge in [-0.3, -0.25) is 4.79 Å². The largest absolute Gasteiger partial charge is 0.508 e. The molecule has 0 radical (unpaired) electrons. The van der Waals surface area contributed by atoms with Gasteiger partial charge in [0.05, 0.1) is 31.8 Å². The molecule has 8 heteroatoms. The smallest absolute Gasteiger partial charge is 0.463 e. The van der Waals surface area contributed by atoms with E-state index < -0.39 is 32.3 Å². The zero-order valence-electron chi connectivity index (χ0n) is 19.9. The summed E-state index contributed by atoms with van der Waals surface area (Å²) in [5.41, 5.74) is 0.850. The van der Waals surface area contributed by atoms with Crippen LogP contribution in [0.25, 0.3) is 0 Å². The van der Waals surface area contributed by atoms with Crippen molar-refractivity contribution in [3.63, 3.8) is 0 Å². The molecule has 1 saturated heterocycles. The Labute approximate surface area is 191 Å². The predicted molar refractivity (Wildman–Crippen MR) is 125 cm³/mol. The Bertz CT molecular complexity index is 851. The summed E-state index contributed by atoms with van der Waals surface area (Å²) in [6, 6.07) is 8.97. The van der Waals surface area contributed by atoms with Crippen LogP contribution in [0.4, 0.5) is 4.79 Å². The Balaban J connectivity index is 1.98. The third-order valence-corrected chi connectivity index (χ3v) is 12.5. The molecule has 7 nitrogen and oxygen atoms in total. The van der Waals surface area contributed by atoms with Crippen molar-refractivity contribution < 1.29 is 28.6 Å². The molecule has 0 unspecified atom stereocenters. The average molecular weight is 462 g/mol. The van der Waals surface area contributed by atoms with E-state index in [1.54, 1.807) is 6.92 Å². The molecular formula is C24H35NO6Si. The monoisotopic (exact) mass is 461 g/mol.